The van der Waals surface area contributed by atoms with Crippen LogP contribution < -0.4 is 5.32 Å². The third-order valence-electron chi connectivity index (χ3n) is 2.33. The van der Waals surface area contributed by atoms with Gasteiger partial charge in [0, 0.05) is 12.3 Å². The molecule has 8 heteroatoms. The lowest BCUT2D eigenvalue weighted by Gasteiger charge is -2.04. The van der Waals surface area contributed by atoms with Gasteiger partial charge in [0.2, 0.25) is 0 Å². The van der Waals surface area contributed by atoms with Gasteiger partial charge in [0.1, 0.15) is 10.7 Å². The summed E-state index contributed by atoms with van der Waals surface area (Å²) in [6.45, 7) is 1.80. The normalized spacial score (nSPS) is 10.2. The van der Waals surface area contributed by atoms with Crippen LogP contribution in [0.4, 0.5) is 11.5 Å². The quantitative estimate of drug-likeness (QED) is 0.696. The number of aryl methyl sites for hydroxylation is 1. The molecule has 0 aliphatic heterocycles. The lowest BCUT2D eigenvalue weighted by atomic mass is 10.3. The Labute approximate surface area is 117 Å². The van der Waals surface area contributed by atoms with Gasteiger partial charge in [0.05, 0.1) is 4.92 Å². The van der Waals surface area contributed by atoms with E-state index in [0.29, 0.717) is 5.82 Å². The molecule has 0 spiro atoms. The van der Waals surface area contributed by atoms with E-state index in [9.17, 15) is 14.9 Å². The van der Waals surface area contributed by atoms with Crippen LogP contribution in [0, 0.1) is 17.0 Å². The Morgan fingerprint density at radius 3 is 2.89 bits per heavy atom. The fraction of sp³-hybridized carbons (Fsp3) is 0.0909. The number of hydrogen-bond donors (Lipinski definition) is 1. The topological polar surface area (TPSA) is 85.1 Å². The van der Waals surface area contributed by atoms with Crippen LogP contribution in [-0.2, 0) is 0 Å². The number of amides is 1. The molecule has 2 aromatic heterocycles. The van der Waals surface area contributed by atoms with Gasteiger partial charge in [-0.1, -0.05) is 17.7 Å². The van der Waals surface area contributed by atoms with E-state index >= 15 is 0 Å². The monoisotopic (exact) mass is 297 g/mol. The van der Waals surface area contributed by atoms with Crippen LogP contribution in [0.15, 0.2) is 24.4 Å². The van der Waals surface area contributed by atoms with Crippen molar-refractivity contribution in [2.45, 2.75) is 6.92 Å². The van der Waals surface area contributed by atoms with Crippen molar-refractivity contribution in [2.24, 2.45) is 0 Å². The molecule has 2 heterocycles. The second-order valence-electron chi connectivity index (χ2n) is 3.65. The molecule has 0 aliphatic rings. The standard InChI is InChI=1S/C11H8ClN3O3S/c1-6-3-2-4-13-10(6)14-11(16)8-5-7(15(17)18)9(12)19-8/h2-5H,1H3,(H,13,14,16). The SMILES string of the molecule is Cc1cccnc1NC(=O)c1cc([N+](=O)[O-])c(Cl)s1. The summed E-state index contributed by atoms with van der Waals surface area (Å²) >= 11 is 6.56. The predicted octanol–water partition coefficient (Wildman–Crippen LogP) is 3.27. The van der Waals surface area contributed by atoms with Gasteiger partial charge >= 0.3 is 0 Å². The molecule has 0 aromatic carbocycles. The van der Waals surface area contributed by atoms with Crippen molar-refractivity contribution in [3.05, 3.63) is 49.3 Å². The highest BCUT2D eigenvalue weighted by atomic mass is 35.5. The molecular formula is C11H8ClN3O3S. The van der Waals surface area contributed by atoms with Gasteiger partial charge in [0.25, 0.3) is 11.6 Å². The molecule has 0 aliphatic carbocycles. The molecule has 6 nitrogen and oxygen atoms in total. The van der Waals surface area contributed by atoms with Crippen molar-refractivity contribution < 1.29 is 9.72 Å². The highest BCUT2D eigenvalue weighted by Gasteiger charge is 2.21. The molecular weight excluding hydrogens is 290 g/mol. The summed E-state index contributed by atoms with van der Waals surface area (Å²) in [6, 6.07) is 4.70. The number of anilines is 1. The fourth-order valence-electron chi connectivity index (χ4n) is 1.38. The van der Waals surface area contributed by atoms with E-state index in [0.717, 1.165) is 23.0 Å². The van der Waals surface area contributed by atoms with E-state index in [1.807, 2.05) is 0 Å². The van der Waals surface area contributed by atoms with Gasteiger partial charge in [-0.25, -0.2) is 4.98 Å². The second-order valence-corrected chi connectivity index (χ2v) is 5.30. The number of nitrogens with one attached hydrogen (secondary N) is 1. The van der Waals surface area contributed by atoms with Crippen molar-refractivity contribution in [1.29, 1.82) is 0 Å². The number of rotatable bonds is 3. The molecule has 1 amide bonds. The lowest BCUT2D eigenvalue weighted by Crippen LogP contribution is -2.12. The van der Waals surface area contributed by atoms with Crippen molar-refractivity contribution in [3.8, 4) is 0 Å². The molecule has 0 saturated carbocycles. The van der Waals surface area contributed by atoms with Crippen LogP contribution in [0.25, 0.3) is 0 Å². The van der Waals surface area contributed by atoms with Gasteiger partial charge in [0.15, 0.2) is 4.34 Å². The molecule has 0 atom stereocenters. The summed E-state index contributed by atoms with van der Waals surface area (Å²) < 4.78 is -0.0205. The third-order valence-corrected chi connectivity index (χ3v) is 3.67. The first-order valence-electron chi connectivity index (χ1n) is 5.15. The summed E-state index contributed by atoms with van der Waals surface area (Å²) in [5, 5.41) is 13.2. The number of pyridine rings is 1. The average molecular weight is 298 g/mol. The average Bonchev–Trinajstić information content (AvgIpc) is 2.74. The number of carbonyl (C=O) groups is 1. The van der Waals surface area contributed by atoms with E-state index in [2.05, 4.69) is 10.3 Å². The summed E-state index contributed by atoms with van der Waals surface area (Å²) in [5.41, 5.74) is 0.530. The maximum absolute atomic E-state index is 11.9. The number of nitrogens with zero attached hydrogens (tertiary/aromatic N) is 2. The van der Waals surface area contributed by atoms with Crippen molar-refractivity contribution >= 4 is 40.4 Å². The molecule has 0 fully saturated rings. The van der Waals surface area contributed by atoms with E-state index < -0.39 is 10.8 Å². The Balaban J connectivity index is 2.24. The first kappa shape index (κ1) is 13.4. The summed E-state index contributed by atoms with van der Waals surface area (Å²) in [4.78, 5) is 26.1. The first-order valence-corrected chi connectivity index (χ1v) is 6.35. The van der Waals surface area contributed by atoms with Crippen LogP contribution in [0.1, 0.15) is 15.2 Å². The van der Waals surface area contributed by atoms with Crippen molar-refractivity contribution in [3.63, 3.8) is 0 Å². The minimum atomic E-state index is -0.623. The van der Waals surface area contributed by atoms with Gasteiger partial charge < -0.3 is 5.32 Å². The molecule has 98 valence electrons. The number of thiophene rings is 1. The predicted molar refractivity (Wildman–Crippen MR) is 72.9 cm³/mol. The number of halogens is 1. The Morgan fingerprint density at radius 1 is 1.58 bits per heavy atom. The lowest BCUT2D eigenvalue weighted by molar-refractivity contribution is -0.384. The van der Waals surface area contributed by atoms with Crippen LogP contribution in [0.2, 0.25) is 4.34 Å². The molecule has 0 radical (unpaired) electrons. The van der Waals surface area contributed by atoms with Crippen LogP contribution in [0.3, 0.4) is 0 Å². The maximum atomic E-state index is 11.9. The minimum absolute atomic E-state index is 0.0205. The van der Waals surface area contributed by atoms with E-state index in [-0.39, 0.29) is 14.9 Å². The molecule has 0 bridgehead atoms. The second kappa shape index (κ2) is 5.33. The Kier molecular flexibility index (Phi) is 3.77. The van der Waals surface area contributed by atoms with Crippen molar-refractivity contribution in [2.75, 3.05) is 5.32 Å². The van der Waals surface area contributed by atoms with Crippen molar-refractivity contribution in [1.82, 2.24) is 4.98 Å². The molecule has 0 saturated heterocycles. The Morgan fingerprint density at radius 2 is 2.32 bits per heavy atom. The van der Waals surface area contributed by atoms with E-state index in [1.165, 1.54) is 0 Å². The number of nitro groups is 1. The smallest absolute Gasteiger partial charge is 0.299 e. The summed E-state index contributed by atoms with van der Waals surface area (Å²) in [5.74, 6) is -0.0542. The van der Waals surface area contributed by atoms with Gasteiger partial charge in [-0.15, -0.1) is 11.3 Å². The largest absolute Gasteiger partial charge is 0.306 e. The highest BCUT2D eigenvalue weighted by Crippen LogP contribution is 2.34. The maximum Gasteiger partial charge on any atom is 0.299 e. The first-order chi connectivity index (χ1) is 8.99. The number of aromatic nitrogens is 1. The fourth-order valence-corrected chi connectivity index (χ4v) is 2.50. The Bertz CT molecular complexity index is 656. The molecule has 0 unspecified atom stereocenters. The summed E-state index contributed by atoms with van der Waals surface area (Å²) in [7, 11) is 0. The van der Waals surface area contributed by atoms with Gasteiger partial charge in [-0.2, -0.15) is 0 Å². The molecule has 2 aromatic rings. The molecule has 2 rings (SSSR count). The highest BCUT2D eigenvalue weighted by molar-refractivity contribution is 7.18. The van der Waals surface area contributed by atoms with Gasteiger partial charge in [-0.05, 0) is 18.6 Å². The van der Waals surface area contributed by atoms with Crippen LogP contribution >= 0.6 is 22.9 Å². The van der Waals surface area contributed by atoms with Gasteiger partial charge in [-0.3, -0.25) is 14.9 Å². The zero-order chi connectivity index (χ0) is 14.0. The number of carbonyl (C=O) groups excluding carboxylic acids is 1. The third kappa shape index (κ3) is 2.88. The zero-order valence-electron chi connectivity index (χ0n) is 9.71. The molecule has 19 heavy (non-hydrogen) atoms. The zero-order valence-corrected chi connectivity index (χ0v) is 11.3. The number of hydrogen-bond acceptors (Lipinski definition) is 5. The molecule has 1 N–H and O–H groups in total. The van der Waals surface area contributed by atoms with Crippen LogP contribution in [0.5, 0.6) is 0 Å². The van der Waals surface area contributed by atoms with E-state index in [4.69, 9.17) is 11.6 Å². The van der Waals surface area contributed by atoms with E-state index in [1.54, 1.807) is 25.3 Å². The Hall–Kier alpha value is -1.99. The van der Waals surface area contributed by atoms with Crippen LogP contribution in [-0.4, -0.2) is 15.8 Å². The minimum Gasteiger partial charge on any atom is -0.306 e. The summed E-state index contributed by atoms with van der Waals surface area (Å²) in [6.07, 6.45) is 1.55.